The Morgan fingerprint density at radius 1 is 1.64 bits per heavy atom. The summed E-state index contributed by atoms with van der Waals surface area (Å²) in [6, 6.07) is 1.21. The summed E-state index contributed by atoms with van der Waals surface area (Å²) in [7, 11) is 1.40. The molecular weight excluding hydrogens is 258 g/mol. The third kappa shape index (κ3) is 2.12. The van der Waals surface area contributed by atoms with Crippen molar-refractivity contribution in [2.45, 2.75) is 11.8 Å². The predicted molar refractivity (Wildman–Crippen MR) is 52.8 cm³/mol. The van der Waals surface area contributed by atoms with E-state index in [1.807, 2.05) is 0 Å². The molecule has 0 saturated carbocycles. The molecule has 0 unspecified atom stereocenters. The number of hydrogen-bond donors (Lipinski definition) is 1. The molecule has 2 N–H and O–H groups in total. The van der Waals surface area contributed by atoms with E-state index >= 15 is 0 Å². The normalized spacial score (nSPS) is 10.6. The topological polar surface area (TPSA) is 48.1 Å². The van der Waals surface area contributed by atoms with E-state index in [2.05, 4.69) is 20.9 Å². The van der Waals surface area contributed by atoms with E-state index in [4.69, 9.17) is 10.5 Å². The molecule has 1 aromatic heterocycles. The minimum Gasteiger partial charge on any atom is -0.495 e. The minimum absolute atomic E-state index is 0.157. The van der Waals surface area contributed by atoms with E-state index in [-0.39, 0.29) is 11.4 Å². The molecule has 0 radical (unpaired) electrons. The van der Waals surface area contributed by atoms with Crippen molar-refractivity contribution in [3.05, 3.63) is 17.3 Å². The molecular formula is C8H9BrF2N2O. The van der Waals surface area contributed by atoms with Crippen molar-refractivity contribution < 1.29 is 13.5 Å². The van der Waals surface area contributed by atoms with Crippen LogP contribution >= 0.6 is 15.9 Å². The van der Waals surface area contributed by atoms with Crippen molar-refractivity contribution in [2.75, 3.05) is 12.8 Å². The summed E-state index contributed by atoms with van der Waals surface area (Å²) in [6.45, 7) is 0. The molecule has 0 spiro atoms. The molecule has 0 aliphatic rings. The first-order chi connectivity index (χ1) is 6.60. The zero-order chi connectivity index (χ0) is 10.7. The van der Waals surface area contributed by atoms with Gasteiger partial charge in [0.25, 0.3) is 6.43 Å². The van der Waals surface area contributed by atoms with E-state index in [0.717, 1.165) is 0 Å². The number of pyridine rings is 1. The highest BCUT2D eigenvalue weighted by Crippen LogP contribution is 2.30. The summed E-state index contributed by atoms with van der Waals surface area (Å²) in [5.74, 6) is 0.154. The molecule has 0 aromatic carbocycles. The van der Waals surface area contributed by atoms with Crippen LogP contribution in [0.25, 0.3) is 0 Å². The number of rotatable bonds is 3. The van der Waals surface area contributed by atoms with Crippen LogP contribution < -0.4 is 10.5 Å². The van der Waals surface area contributed by atoms with Crippen LogP contribution in [0.2, 0.25) is 0 Å². The van der Waals surface area contributed by atoms with Gasteiger partial charge >= 0.3 is 0 Å². The second kappa shape index (κ2) is 4.54. The molecule has 3 nitrogen and oxygen atoms in total. The third-order valence-electron chi connectivity index (χ3n) is 1.70. The van der Waals surface area contributed by atoms with E-state index in [1.165, 1.54) is 13.2 Å². The average Bonchev–Trinajstić information content (AvgIpc) is 2.16. The number of nitrogens with zero attached hydrogens (tertiary/aromatic N) is 1. The van der Waals surface area contributed by atoms with Crippen LogP contribution in [0.3, 0.4) is 0 Å². The molecule has 1 rings (SSSR count). The number of ether oxygens (including phenoxy) is 1. The highest BCUT2D eigenvalue weighted by Gasteiger charge is 2.16. The fourth-order valence-electron chi connectivity index (χ4n) is 1.01. The maximum absolute atomic E-state index is 12.4. The fourth-order valence-corrected chi connectivity index (χ4v) is 1.41. The van der Waals surface area contributed by atoms with Gasteiger partial charge in [-0.05, 0) is 6.07 Å². The number of methoxy groups -OCH3 is 1. The Labute approximate surface area is 88.4 Å². The lowest BCUT2D eigenvalue weighted by Gasteiger charge is -2.10. The molecule has 0 aliphatic heterocycles. The Morgan fingerprint density at radius 3 is 2.71 bits per heavy atom. The lowest BCUT2D eigenvalue weighted by Crippen LogP contribution is -2.03. The molecule has 0 saturated heterocycles. The summed E-state index contributed by atoms with van der Waals surface area (Å²) >= 11 is 3.16. The van der Waals surface area contributed by atoms with Crippen molar-refractivity contribution in [3.63, 3.8) is 0 Å². The van der Waals surface area contributed by atoms with Gasteiger partial charge in [0, 0.05) is 5.33 Å². The molecule has 0 fully saturated rings. The highest BCUT2D eigenvalue weighted by atomic mass is 79.9. The maximum atomic E-state index is 12.4. The van der Waals surface area contributed by atoms with Crippen LogP contribution in [0.5, 0.6) is 5.75 Å². The molecule has 1 heterocycles. The van der Waals surface area contributed by atoms with Crippen molar-refractivity contribution >= 4 is 21.7 Å². The Balaban J connectivity index is 3.23. The zero-order valence-electron chi connectivity index (χ0n) is 7.43. The standard InChI is InChI=1S/C8H9BrF2N2O/c1-14-6-2-4(7(10)11)8(12)13-5(6)3-9/h2,7H,3H2,1H3,(H2,12,13). The van der Waals surface area contributed by atoms with Gasteiger partial charge in [-0.2, -0.15) is 0 Å². The first-order valence-electron chi connectivity index (χ1n) is 3.77. The smallest absolute Gasteiger partial charge is 0.267 e. The first-order valence-corrected chi connectivity index (χ1v) is 4.89. The molecule has 14 heavy (non-hydrogen) atoms. The van der Waals surface area contributed by atoms with Crippen LogP contribution in [-0.2, 0) is 5.33 Å². The fraction of sp³-hybridized carbons (Fsp3) is 0.375. The summed E-state index contributed by atoms with van der Waals surface area (Å²) in [5, 5.41) is 0.407. The van der Waals surface area contributed by atoms with Crippen LogP contribution in [0.4, 0.5) is 14.6 Å². The Kier molecular flexibility index (Phi) is 3.62. The third-order valence-corrected chi connectivity index (χ3v) is 2.23. The van der Waals surface area contributed by atoms with E-state index in [1.54, 1.807) is 0 Å². The van der Waals surface area contributed by atoms with Crippen LogP contribution in [-0.4, -0.2) is 12.1 Å². The van der Waals surface area contributed by atoms with Crippen molar-refractivity contribution in [2.24, 2.45) is 0 Å². The Hall–Kier alpha value is -0.910. The van der Waals surface area contributed by atoms with Crippen molar-refractivity contribution in [3.8, 4) is 5.75 Å². The maximum Gasteiger partial charge on any atom is 0.267 e. The second-order valence-electron chi connectivity index (χ2n) is 2.55. The van der Waals surface area contributed by atoms with Crippen LogP contribution in [0.15, 0.2) is 6.07 Å². The SMILES string of the molecule is COc1cc(C(F)F)c(N)nc1CBr. The van der Waals surface area contributed by atoms with Gasteiger partial charge in [-0.3, -0.25) is 0 Å². The molecule has 0 bridgehead atoms. The summed E-state index contributed by atoms with van der Waals surface area (Å²) < 4.78 is 29.7. The zero-order valence-corrected chi connectivity index (χ0v) is 9.01. The number of aromatic nitrogens is 1. The van der Waals surface area contributed by atoms with Gasteiger partial charge in [0.05, 0.1) is 18.4 Å². The van der Waals surface area contributed by atoms with Gasteiger partial charge < -0.3 is 10.5 Å². The molecule has 0 atom stereocenters. The lowest BCUT2D eigenvalue weighted by molar-refractivity contribution is 0.151. The van der Waals surface area contributed by atoms with Crippen LogP contribution in [0.1, 0.15) is 17.7 Å². The van der Waals surface area contributed by atoms with Gasteiger partial charge in [-0.1, -0.05) is 15.9 Å². The van der Waals surface area contributed by atoms with Gasteiger partial charge in [-0.25, -0.2) is 13.8 Å². The van der Waals surface area contributed by atoms with Crippen molar-refractivity contribution in [1.82, 2.24) is 4.98 Å². The molecule has 6 heteroatoms. The summed E-state index contributed by atoms with van der Waals surface area (Å²) in [4.78, 5) is 3.81. The Morgan fingerprint density at radius 2 is 2.29 bits per heavy atom. The lowest BCUT2D eigenvalue weighted by atomic mass is 10.2. The number of nitrogens with two attached hydrogens (primary N) is 1. The van der Waals surface area contributed by atoms with Gasteiger partial charge in [-0.15, -0.1) is 0 Å². The van der Waals surface area contributed by atoms with Gasteiger partial charge in [0.1, 0.15) is 11.6 Å². The minimum atomic E-state index is -2.64. The van der Waals surface area contributed by atoms with E-state index < -0.39 is 6.43 Å². The number of hydrogen-bond acceptors (Lipinski definition) is 3. The number of halogens is 3. The average molecular weight is 267 g/mol. The quantitative estimate of drug-likeness (QED) is 0.856. The number of nitrogen functional groups attached to an aromatic ring is 1. The highest BCUT2D eigenvalue weighted by molar-refractivity contribution is 9.08. The first kappa shape index (κ1) is 11.2. The number of alkyl halides is 3. The van der Waals surface area contributed by atoms with Crippen LogP contribution in [0, 0.1) is 0 Å². The van der Waals surface area contributed by atoms with Crippen molar-refractivity contribution in [1.29, 1.82) is 0 Å². The molecule has 0 amide bonds. The largest absolute Gasteiger partial charge is 0.495 e. The van der Waals surface area contributed by atoms with Gasteiger partial charge in [0.15, 0.2) is 0 Å². The number of anilines is 1. The summed E-state index contributed by atoms with van der Waals surface area (Å²) in [5.41, 5.74) is 5.56. The summed E-state index contributed by atoms with van der Waals surface area (Å²) in [6.07, 6.45) is -2.64. The van der Waals surface area contributed by atoms with E-state index in [9.17, 15) is 8.78 Å². The Bertz CT molecular complexity index is 333. The molecule has 1 aromatic rings. The predicted octanol–water partition coefficient (Wildman–Crippen LogP) is 2.50. The molecule has 0 aliphatic carbocycles. The monoisotopic (exact) mass is 266 g/mol. The second-order valence-corrected chi connectivity index (χ2v) is 3.11. The van der Waals surface area contributed by atoms with E-state index in [0.29, 0.717) is 16.8 Å². The molecule has 78 valence electrons. The van der Waals surface area contributed by atoms with Gasteiger partial charge in [0.2, 0.25) is 0 Å².